The fourth-order valence-electron chi connectivity index (χ4n) is 5.81. The number of likely N-dealkylation sites (tertiary alicyclic amines) is 1. The minimum atomic E-state index is -0.129. The van der Waals surface area contributed by atoms with Crippen LogP contribution in [-0.4, -0.2) is 31.6 Å². The lowest BCUT2D eigenvalue weighted by molar-refractivity contribution is -0.169. The molecule has 1 heterocycles. The zero-order chi connectivity index (χ0) is 19.7. The summed E-state index contributed by atoms with van der Waals surface area (Å²) in [5.74, 6) is 3.08. The zero-order valence-electron chi connectivity index (χ0n) is 17.6. The topological polar surface area (TPSA) is 21.7 Å². The molecular weight excluding hydrogens is 358 g/mol. The van der Waals surface area contributed by atoms with Crippen molar-refractivity contribution in [3.05, 3.63) is 65.7 Å². The van der Waals surface area contributed by atoms with Crippen LogP contribution in [-0.2, 0) is 16.9 Å². The number of hydrogen-bond acceptors (Lipinski definition) is 3. The van der Waals surface area contributed by atoms with Gasteiger partial charge in [0.05, 0.1) is 0 Å². The lowest BCUT2D eigenvalue weighted by atomic mass is 9.62. The van der Waals surface area contributed by atoms with Crippen molar-refractivity contribution in [2.75, 3.05) is 26.7 Å². The summed E-state index contributed by atoms with van der Waals surface area (Å²) in [5, 5.41) is 0. The molecule has 154 valence electrons. The molecule has 0 radical (unpaired) electrons. The maximum absolute atomic E-state index is 6.40. The Bertz CT molecular complexity index is 785. The van der Waals surface area contributed by atoms with E-state index in [1.165, 1.54) is 62.9 Å². The highest BCUT2D eigenvalue weighted by molar-refractivity contribution is 5.34. The molecule has 2 aromatic carbocycles. The molecule has 2 aromatic rings. The molecule has 29 heavy (non-hydrogen) atoms. The van der Waals surface area contributed by atoms with Crippen molar-refractivity contribution in [3.63, 3.8) is 0 Å². The van der Waals surface area contributed by atoms with Crippen LogP contribution in [0.15, 0.2) is 54.6 Å². The maximum atomic E-state index is 6.40. The third-order valence-corrected chi connectivity index (χ3v) is 7.38. The highest BCUT2D eigenvalue weighted by atomic mass is 16.5. The summed E-state index contributed by atoms with van der Waals surface area (Å²) in [7, 11) is 1.93. The molecule has 3 nitrogen and oxygen atoms in total. The summed E-state index contributed by atoms with van der Waals surface area (Å²) in [6.07, 6.45) is 6.77. The Labute approximate surface area is 175 Å². The van der Waals surface area contributed by atoms with Gasteiger partial charge in [0.15, 0.2) is 0 Å². The van der Waals surface area contributed by atoms with Gasteiger partial charge in [-0.15, -0.1) is 0 Å². The smallest absolute Gasteiger partial charge is 0.119 e. The molecule has 5 rings (SSSR count). The Morgan fingerprint density at radius 2 is 1.59 bits per heavy atom. The molecule has 0 unspecified atom stereocenters. The number of hydrogen-bond donors (Lipinski definition) is 0. The first-order valence-corrected chi connectivity index (χ1v) is 11.3. The van der Waals surface area contributed by atoms with Gasteiger partial charge in [0.2, 0.25) is 0 Å². The van der Waals surface area contributed by atoms with Gasteiger partial charge in [-0.25, -0.2) is 0 Å². The summed E-state index contributed by atoms with van der Waals surface area (Å²) >= 11 is 0. The van der Waals surface area contributed by atoms with Crippen molar-refractivity contribution in [2.45, 2.75) is 44.3 Å². The van der Waals surface area contributed by atoms with Crippen molar-refractivity contribution < 1.29 is 9.47 Å². The molecule has 0 amide bonds. The van der Waals surface area contributed by atoms with Crippen LogP contribution in [0.1, 0.15) is 43.2 Å². The minimum Gasteiger partial charge on any atom is -0.489 e. The van der Waals surface area contributed by atoms with Gasteiger partial charge in [0, 0.05) is 38.6 Å². The summed E-state index contributed by atoms with van der Waals surface area (Å²) in [5.41, 5.74) is 2.41. The van der Waals surface area contributed by atoms with E-state index in [-0.39, 0.29) is 5.60 Å². The molecule has 3 fully saturated rings. The molecule has 2 saturated carbocycles. The lowest BCUT2D eigenvalue weighted by Crippen LogP contribution is -2.59. The van der Waals surface area contributed by atoms with Gasteiger partial charge in [-0.3, -0.25) is 0 Å². The molecule has 0 N–H and O–H groups in total. The zero-order valence-corrected chi connectivity index (χ0v) is 17.6. The first-order valence-electron chi connectivity index (χ1n) is 11.3. The van der Waals surface area contributed by atoms with Crippen LogP contribution in [0.3, 0.4) is 0 Å². The van der Waals surface area contributed by atoms with Crippen molar-refractivity contribution in [1.29, 1.82) is 0 Å². The number of nitrogens with zero attached hydrogens (tertiary/aromatic N) is 1. The highest BCUT2D eigenvalue weighted by Crippen LogP contribution is 2.52. The van der Waals surface area contributed by atoms with Crippen LogP contribution >= 0.6 is 0 Å². The van der Waals surface area contributed by atoms with E-state index < -0.39 is 0 Å². The van der Waals surface area contributed by atoms with E-state index in [1.807, 2.05) is 13.2 Å². The first kappa shape index (κ1) is 19.1. The summed E-state index contributed by atoms with van der Waals surface area (Å²) < 4.78 is 12.4. The first-order chi connectivity index (χ1) is 14.3. The minimum absolute atomic E-state index is 0.129. The third-order valence-electron chi connectivity index (χ3n) is 7.38. The average Bonchev–Trinajstić information content (AvgIpc) is 3.57. The van der Waals surface area contributed by atoms with Gasteiger partial charge in [-0.1, -0.05) is 48.9 Å². The van der Waals surface area contributed by atoms with E-state index in [9.17, 15) is 0 Å². The van der Waals surface area contributed by atoms with Crippen LogP contribution in [0.5, 0.6) is 5.75 Å². The van der Waals surface area contributed by atoms with E-state index >= 15 is 0 Å². The van der Waals surface area contributed by atoms with Crippen LogP contribution in [0, 0.1) is 17.8 Å². The fourth-order valence-corrected chi connectivity index (χ4v) is 5.81. The maximum Gasteiger partial charge on any atom is 0.119 e. The van der Waals surface area contributed by atoms with Gasteiger partial charge in [0.1, 0.15) is 18.0 Å². The Balaban J connectivity index is 1.32. The molecule has 3 atom stereocenters. The van der Waals surface area contributed by atoms with Crippen LogP contribution in [0.25, 0.3) is 0 Å². The normalized spacial score (nSPS) is 29.6. The van der Waals surface area contributed by atoms with E-state index in [4.69, 9.17) is 9.47 Å². The molecule has 0 aromatic heterocycles. The largest absolute Gasteiger partial charge is 0.489 e. The van der Waals surface area contributed by atoms with E-state index in [2.05, 4.69) is 53.4 Å². The van der Waals surface area contributed by atoms with E-state index in [0.717, 1.165) is 11.7 Å². The third kappa shape index (κ3) is 3.83. The predicted octanol–water partition coefficient (Wildman–Crippen LogP) is 5.25. The second-order valence-corrected chi connectivity index (χ2v) is 9.28. The Morgan fingerprint density at radius 3 is 2.21 bits per heavy atom. The Morgan fingerprint density at radius 1 is 0.897 bits per heavy atom. The fraction of sp³-hybridized carbons (Fsp3) is 0.538. The van der Waals surface area contributed by atoms with Crippen molar-refractivity contribution in [3.8, 4) is 5.75 Å². The number of piperidine rings is 1. The van der Waals surface area contributed by atoms with Gasteiger partial charge in [-0.2, -0.15) is 0 Å². The summed E-state index contributed by atoms with van der Waals surface area (Å²) in [4.78, 5) is 2.74. The Hall–Kier alpha value is -1.84. The molecule has 1 aliphatic heterocycles. The Kier molecular flexibility index (Phi) is 5.36. The molecule has 0 spiro atoms. The SMILES string of the molecule is CO[C@@]1(c2ccc(OCc3ccccc3)cc2)[C@@H]2CCC[C@H]1CN(CC1CC1)C2. The van der Waals surface area contributed by atoms with Gasteiger partial charge in [-0.05, 0) is 54.9 Å². The van der Waals surface area contributed by atoms with Crippen LogP contribution in [0.2, 0.25) is 0 Å². The van der Waals surface area contributed by atoms with Gasteiger partial charge >= 0.3 is 0 Å². The number of methoxy groups -OCH3 is 1. The average molecular weight is 392 g/mol. The molecule has 2 aliphatic carbocycles. The number of rotatable bonds is 7. The highest BCUT2D eigenvalue weighted by Gasteiger charge is 2.53. The van der Waals surface area contributed by atoms with Crippen molar-refractivity contribution in [2.24, 2.45) is 17.8 Å². The predicted molar refractivity (Wildman–Crippen MR) is 116 cm³/mol. The van der Waals surface area contributed by atoms with Crippen LogP contribution < -0.4 is 4.74 Å². The molecular formula is C26H33NO2. The number of ether oxygens (including phenoxy) is 2. The van der Waals surface area contributed by atoms with E-state index in [0.29, 0.717) is 18.4 Å². The van der Waals surface area contributed by atoms with Gasteiger partial charge < -0.3 is 14.4 Å². The summed E-state index contributed by atoms with van der Waals surface area (Å²) in [6.45, 7) is 4.29. The second-order valence-electron chi connectivity index (χ2n) is 9.28. The summed E-state index contributed by atoms with van der Waals surface area (Å²) in [6, 6.07) is 19.1. The van der Waals surface area contributed by atoms with Crippen molar-refractivity contribution >= 4 is 0 Å². The molecule has 3 aliphatic rings. The number of fused-ring (bicyclic) bond motifs is 2. The standard InChI is InChI=1S/C26H33NO2/c1-28-26(23-8-5-9-24(26)18-27(17-23)16-20-10-11-20)22-12-14-25(15-13-22)29-19-21-6-3-2-4-7-21/h2-4,6-7,12-15,20,23-24H,5,8-11,16-19H2,1H3/t23-,24+,26+. The molecule has 2 bridgehead atoms. The monoisotopic (exact) mass is 391 g/mol. The quantitative estimate of drug-likeness (QED) is 0.643. The molecule has 3 heteroatoms. The van der Waals surface area contributed by atoms with Gasteiger partial charge in [0.25, 0.3) is 0 Å². The number of benzene rings is 2. The van der Waals surface area contributed by atoms with Crippen LogP contribution in [0.4, 0.5) is 0 Å². The second kappa shape index (κ2) is 8.12. The van der Waals surface area contributed by atoms with E-state index in [1.54, 1.807) is 0 Å². The lowest BCUT2D eigenvalue weighted by Gasteiger charge is -2.55. The molecule has 1 saturated heterocycles. The van der Waals surface area contributed by atoms with Crippen molar-refractivity contribution in [1.82, 2.24) is 4.90 Å².